The van der Waals surface area contributed by atoms with E-state index < -0.39 is 22.6 Å². The number of aromatic nitrogens is 3. The van der Waals surface area contributed by atoms with Crippen molar-refractivity contribution < 1.29 is 19.1 Å². The highest BCUT2D eigenvalue weighted by atomic mass is 32.2. The van der Waals surface area contributed by atoms with Gasteiger partial charge in [-0.15, -0.1) is 10.2 Å². The highest BCUT2D eigenvalue weighted by molar-refractivity contribution is 8.01. The summed E-state index contributed by atoms with van der Waals surface area (Å²) in [6.07, 6.45) is 0.297. The van der Waals surface area contributed by atoms with Crippen LogP contribution in [0.25, 0.3) is 0 Å². The average molecular weight is 377 g/mol. The number of Topliss-reactive ketones (excluding diaryl/α,β-unsaturated/α-hetero) is 1. The van der Waals surface area contributed by atoms with Gasteiger partial charge in [-0.2, -0.15) is 0 Å². The van der Waals surface area contributed by atoms with Crippen LogP contribution in [0.4, 0.5) is 0 Å². The minimum Gasteiger partial charge on any atom is -0.497 e. The molecule has 2 aromatic rings. The van der Waals surface area contributed by atoms with Gasteiger partial charge in [-0.3, -0.25) is 19.4 Å². The van der Waals surface area contributed by atoms with Crippen LogP contribution in [-0.4, -0.2) is 45.9 Å². The molecular formula is C17H19N3O5S. The molecule has 0 bridgehead atoms. The van der Waals surface area contributed by atoms with Crippen LogP contribution >= 0.6 is 11.8 Å². The van der Waals surface area contributed by atoms with Gasteiger partial charge in [0.15, 0.2) is 16.2 Å². The Morgan fingerprint density at radius 3 is 2.46 bits per heavy atom. The van der Waals surface area contributed by atoms with Gasteiger partial charge in [0.2, 0.25) is 0 Å². The number of methoxy groups -OCH3 is 1. The molecule has 1 aromatic heterocycles. The fourth-order valence-electron chi connectivity index (χ4n) is 2.08. The number of rotatable bonds is 8. The van der Waals surface area contributed by atoms with E-state index >= 15 is 0 Å². The molecule has 0 aliphatic rings. The minimum atomic E-state index is -1.09. The van der Waals surface area contributed by atoms with Crippen LogP contribution < -0.4 is 10.3 Å². The van der Waals surface area contributed by atoms with E-state index in [0.29, 0.717) is 6.42 Å². The highest BCUT2D eigenvalue weighted by Crippen LogP contribution is 2.20. The van der Waals surface area contributed by atoms with Crippen molar-refractivity contribution in [3.63, 3.8) is 0 Å². The first-order valence-electron chi connectivity index (χ1n) is 7.87. The summed E-state index contributed by atoms with van der Waals surface area (Å²) in [7, 11) is 1.58. The summed E-state index contributed by atoms with van der Waals surface area (Å²) in [5.41, 5.74) is 0.679. The molecule has 0 aliphatic carbocycles. The summed E-state index contributed by atoms with van der Waals surface area (Å²) in [4.78, 5) is 38.2. The maximum absolute atomic E-state index is 12.2. The molecule has 1 N–H and O–H groups in total. The molecule has 9 heteroatoms. The Balaban J connectivity index is 2.13. The molecule has 1 heterocycles. The smallest absolute Gasteiger partial charge is 0.327 e. The topological polar surface area (TPSA) is 111 Å². The van der Waals surface area contributed by atoms with Crippen LogP contribution in [0.5, 0.6) is 5.75 Å². The molecule has 1 atom stereocenters. The fourth-order valence-corrected chi connectivity index (χ4v) is 2.87. The maximum Gasteiger partial charge on any atom is 0.327 e. The molecule has 0 fully saturated rings. The van der Waals surface area contributed by atoms with Crippen molar-refractivity contribution >= 4 is 23.5 Å². The van der Waals surface area contributed by atoms with Crippen molar-refractivity contribution in [2.75, 3.05) is 13.7 Å². The lowest BCUT2D eigenvalue weighted by Gasteiger charge is -2.11. The second-order valence-corrected chi connectivity index (χ2v) is 6.39. The van der Waals surface area contributed by atoms with Crippen molar-refractivity contribution in [2.45, 2.75) is 30.7 Å². The van der Waals surface area contributed by atoms with Crippen LogP contribution in [-0.2, 0) is 20.7 Å². The normalized spacial score (nSPS) is 11.7. The van der Waals surface area contributed by atoms with Crippen molar-refractivity contribution in [1.82, 2.24) is 15.2 Å². The Bertz CT molecular complexity index is 835. The molecule has 0 amide bonds. The van der Waals surface area contributed by atoms with Gasteiger partial charge in [-0.25, -0.2) is 0 Å². The van der Waals surface area contributed by atoms with Gasteiger partial charge in [-0.1, -0.05) is 23.9 Å². The monoisotopic (exact) mass is 377 g/mol. The van der Waals surface area contributed by atoms with Gasteiger partial charge in [0.05, 0.1) is 13.7 Å². The van der Waals surface area contributed by atoms with Gasteiger partial charge in [0, 0.05) is 6.42 Å². The second-order valence-electron chi connectivity index (χ2n) is 5.29. The van der Waals surface area contributed by atoms with Crippen LogP contribution in [0.1, 0.15) is 25.1 Å². The number of carbonyl (C=O) groups excluding carboxylic acids is 2. The van der Waals surface area contributed by atoms with E-state index in [4.69, 9.17) is 9.47 Å². The molecule has 0 saturated heterocycles. The summed E-state index contributed by atoms with van der Waals surface area (Å²) in [6.45, 7) is 3.08. The Kier molecular flexibility index (Phi) is 6.90. The van der Waals surface area contributed by atoms with Gasteiger partial charge in [-0.05, 0) is 31.5 Å². The molecule has 0 spiro atoms. The van der Waals surface area contributed by atoms with Crippen LogP contribution in [0, 0.1) is 0 Å². The number of nitrogens with one attached hydrogen (secondary N) is 1. The molecule has 1 aromatic carbocycles. The number of esters is 1. The lowest BCUT2D eigenvalue weighted by Crippen LogP contribution is -2.28. The zero-order valence-electron chi connectivity index (χ0n) is 14.6. The van der Waals surface area contributed by atoms with E-state index in [1.807, 2.05) is 12.1 Å². The van der Waals surface area contributed by atoms with E-state index in [-0.39, 0.29) is 17.5 Å². The van der Waals surface area contributed by atoms with Crippen molar-refractivity contribution in [3.05, 3.63) is 45.9 Å². The Labute approximate surface area is 154 Å². The number of thioether (sulfide) groups is 1. The molecule has 8 nitrogen and oxygen atoms in total. The zero-order chi connectivity index (χ0) is 19.1. The lowest BCUT2D eigenvalue weighted by molar-refractivity contribution is -0.144. The standard InChI is InChI=1S/C17H19N3O5S/c1-4-25-16(23)14(10(2)21)26-17-18-15(22)13(19-20-17)9-11-5-7-12(24-3)8-6-11/h5-8,14H,4,9H2,1-3H3,(H,18,20,22). The van der Waals surface area contributed by atoms with E-state index in [0.717, 1.165) is 23.1 Å². The predicted octanol–water partition coefficient (Wildman–Crippen LogP) is 1.38. The predicted molar refractivity (Wildman–Crippen MR) is 95.4 cm³/mol. The summed E-state index contributed by atoms with van der Waals surface area (Å²) in [6, 6.07) is 7.24. The molecular weight excluding hydrogens is 358 g/mol. The number of ketones is 1. The number of carbonyl (C=O) groups is 2. The van der Waals surface area contributed by atoms with Crippen molar-refractivity contribution in [1.29, 1.82) is 0 Å². The zero-order valence-corrected chi connectivity index (χ0v) is 15.5. The largest absolute Gasteiger partial charge is 0.497 e. The minimum absolute atomic E-state index is 0.0849. The average Bonchev–Trinajstić information content (AvgIpc) is 2.62. The van der Waals surface area contributed by atoms with Crippen molar-refractivity contribution in [3.8, 4) is 5.75 Å². The number of aromatic amines is 1. The first-order chi connectivity index (χ1) is 12.4. The van der Waals surface area contributed by atoms with Crippen LogP contribution in [0.15, 0.2) is 34.2 Å². The Morgan fingerprint density at radius 1 is 1.23 bits per heavy atom. The Morgan fingerprint density at radius 2 is 1.92 bits per heavy atom. The SMILES string of the molecule is CCOC(=O)C(Sc1nnc(Cc2ccc(OC)cc2)c(=O)[nH]1)C(C)=O. The Hall–Kier alpha value is -2.68. The molecule has 0 saturated carbocycles. The number of hydrogen-bond donors (Lipinski definition) is 1. The third kappa shape index (κ3) is 5.16. The van der Waals surface area contributed by atoms with Gasteiger partial charge in [0.1, 0.15) is 11.4 Å². The first-order valence-corrected chi connectivity index (χ1v) is 8.75. The lowest BCUT2D eigenvalue weighted by atomic mass is 10.1. The fraction of sp³-hybridized carbons (Fsp3) is 0.353. The number of hydrogen-bond acceptors (Lipinski definition) is 8. The van der Waals surface area contributed by atoms with Crippen molar-refractivity contribution in [2.24, 2.45) is 0 Å². The summed E-state index contributed by atoms with van der Waals surface area (Å²) >= 11 is 0.809. The van der Waals surface area contributed by atoms with E-state index in [2.05, 4.69) is 15.2 Å². The first kappa shape index (κ1) is 19.6. The van der Waals surface area contributed by atoms with E-state index in [1.54, 1.807) is 26.2 Å². The molecule has 1 unspecified atom stereocenters. The summed E-state index contributed by atoms with van der Waals surface area (Å²) in [5.74, 6) is -0.344. The van der Waals surface area contributed by atoms with Gasteiger partial charge in [0.25, 0.3) is 5.56 Å². The third-order valence-electron chi connectivity index (χ3n) is 3.37. The molecule has 138 valence electrons. The van der Waals surface area contributed by atoms with Crippen LogP contribution in [0.3, 0.4) is 0 Å². The summed E-state index contributed by atoms with van der Waals surface area (Å²) < 4.78 is 9.95. The van der Waals surface area contributed by atoms with Gasteiger partial charge >= 0.3 is 5.97 Å². The highest BCUT2D eigenvalue weighted by Gasteiger charge is 2.27. The molecule has 26 heavy (non-hydrogen) atoms. The maximum atomic E-state index is 12.2. The van der Waals surface area contributed by atoms with Gasteiger partial charge < -0.3 is 9.47 Å². The quantitative estimate of drug-likeness (QED) is 0.417. The second kappa shape index (κ2) is 9.14. The number of H-pyrrole nitrogens is 1. The third-order valence-corrected chi connectivity index (χ3v) is 4.54. The molecule has 2 rings (SSSR count). The molecule has 0 radical (unpaired) electrons. The van der Waals surface area contributed by atoms with E-state index in [9.17, 15) is 14.4 Å². The van der Waals surface area contributed by atoms with E-state index in [1.165, 1.54) is 6.92 Å². The molecule has 0 aliphatic heterocycles. The number of ether oxygens (including phenoxy) is 2. The summed E-state index contributed by atoms with van der Waals surface area (Å²) in [5, 5.41) is 6.83. The van der Waals surface area contributed by atoms with Crippen LogP contribution in [0.2, 0.25) is 0 Å². The number of benzene rings is 1. The number of nitrogens with zero attached hydrogens (tertiary/aromatic N) is 2.